The van der Waals surface area contributed by atoms with Gasteiger partial charge < -0.3 is 9.64 Å². The number of carbonyl (C=O) groups excluding carboxylic acids is 1. The number of amides is 1. The van der Waals surface area contributed by atoms with Crippen LogP contribution < -0.4 is 5.32 Å². The molecule has 20 heavy (non-hydrogen) atoms. The van der Waals surface area contributed by atoms with Gasteiger partial charge in [0.05, 0.1) is 12.3 Å². The zero-order valence-corrected chi connectivity index (χ0v) is 12.5. The molecule has 4 nitrogen and oxygen atoms in total. The van der Waals surface area contributed by atoms with E-state index in [1.165, 1.54) is 0 Å². The summed E-state index contributed by atoms with van der Waals surface area (Å²) in [6, 6.07) is 9.67. The highest BCUT2D eigenvalue weighted by Crippen LogP contribution is 2.25. The Kier molecular flexibility index (Phi) is 5.15. The first-order valence-corrected chi connectivity index (χ1v) is 7.40. The van der Waals surface area contributed by atoms with Crippen molar-refractivity contribution < 1.29 is 9.53 Å². The van der Waals surface area contributed by atoms with Crippen LogP contribution >= 0.6 is 0 Å². The van der Waals surface area contributed by atoms with Crippen molar-refractivity contribution in [2.75, 3.05) is 13.2 Å². The molecule has 0 aliphatic carbocycles. The summed E-state index contributed by atoms with van der Waals surface area (Å²) < 4.78 is 5.56. The molecule has 1 aromatic carbocycles. The molecule has 1 saturated heterocycles. The molecule has 3 unspecified atom stereocenters. The second kappa shape index (κ2) is 6.86. The average Bonchev–Trinajstić information content (AvgIpc) is 2.77. The fraction of sp³-hybridized carbons (Fsp3) is 0.562. The van der Waals surface area contributed by atoms with E-state index in [4.69, 9.17) is 4.74 Å². The van der Waals surface area contributed by atoms with E-state index in [0.717, 1.165) is 12.0 Å². The molecule has 110 valence electrons. The summed E-state index contributed by atoms with van der Waals surface area (Å²) in [4.78, 5) is 14.5. The first-order chi connectivity index (χ1) is 9.67. The minimum absolute atomic E-state index is 0.0642. The standard InChI is InChI=1S/C16H24N2O2/c1-4-14-17-15(13-9-7-6-8-10-13)16(19)18(14)11-12(3)20-5-2/h6-10,12,14-15,17H,4-5,11H2,1-3H3. The van der Waals surface area contributed by atoms with Crippen LogP contribution in [-0.4, -0.2) is 36.2 Å². The smallest absolute Gasteiger partial charge is 0.245 e. The second-order valence-corrected chi connectivity index (χ2v) is 5.19. The van der Waals surface area contributed by atoms with Crippen molar-refractivity contribution in [3.8, 4) is 0 Å². The van der Waals surface area contributed by atoms with E-state index in [-0.39, 0.29) is 24.2 Å². The van der Waals surface area contributed by atoms with E-state index in [0.29, 0.717) is 13.2 Å². The van der Waals surface area contributed by atoms with Crippen LogP contribution in [0.15, 0.2) is 30.3 Å². The Bertz CT molecular complexity index is 435. The van der Waals surface area contributed by atoms with E-state index in [1.54, 1.807) is 0 Å². The molecule has 1 N–H and O–H groups in total. The normalized spacial score (nSPS) is 24.1. The first kappa shape index (κ1) is 15.0. The largest absolute Gasteiger partial charge is 0.377 e. The van der Waals surface area contributed by atoms with Gasteiger partial charge in [-0.05, 0) is 25.8 Å². The van der Waals surface area contributed by atoms with E-state index >= 15 is 0 Å². The van der Waals surface area contributed by atoms with Gasteiger partial charge in [0.25, 0.3) is 0 Å². The lowest BCUT2D eigenvalue weighted by molar-refractivity contribution is -0.132. The van der Waals surface area contributed by atoms with E-state index in [9.17, 15) is 4.79 Å². The third-order valence-corrected chi connectivity index (χ3v) is 3.69. The maximum atomic E-state index is 12.6. The summed E-state index contributed by atoms with van der Waals surface area (Å²) in [6.07, 6.45) is 1.05. The van der Waals surface area contributed by atoms with Crippen molar-refractivity contribution in [1.82, 2.24) is 10.2 Å². The zero-order valence-electron chi connectivity index (χ0n) is 12.5. The lowest BCUT2D eigenvalue weighted by Crippen LogP contribution is -2.41. The number of carbonyl (C=O) groups is 1. The molecular weight excluding hydrogens is 252 g/mol. The van der Waals surface area contributed by atoms with Gasteiger partial charge in [-0.1, -0.05) is 37.3 Å². The van der Waals surface area contributed by atoms with Gasteiger partial charge in [0.15, 0.2) is 0 Å². The van der Waals surface area contributed by atoms with Crippen molar-refractivity contribution >= 4 is 5.91 Å². The fourth-order valence-electron chi connectivity index (χ4n) is 2.73. The SMILES string of the molecule is CCOC(C)CN1C(=O)C(c2ccccc2)NC1CC. The number of hydrogen-bond acceptors (Lipinski definition) is 3. The first-order valence-electron chi connectivity index (χ1n) is 7.40. The number of rotatable bonds is 6. The van der Waals surface area contributed by atoms with Crippen LogP contribution in [0, 0.1) is 0 Å². The van der Waals surface area contributed by atoms with Gasteiger partial charge in [-0.2, -0.15) is 0 Å². The predicted molar refractivity (Wildman–Crippen MR) is 79.2 cm³/mol. The fourth-order valence-corrected chi connectivity index (χ4v) is 2.73. The number of benzene rings is 1. The highest BCUT2D eigenvalue weighted by atomic mass is 16.5. The van der Waals surface area contributed by atoms with Crippen LogP contribution in [0.3, 0.4) is 0 Å². The average molecular weight is 276 g/mol. The molecule has 0 spiro atoms. The number of ether oxygens (including phenoxy) is 1. The third kappa shape index (κ3) is 3.19. The van der Waals surface area contributed by atoms with E-state index in [2.05, 4.69) is 12.2 Å². The van der Waals surface area contributed by atoms with Gasteiger partial charge in [0, 0.05) is 13.2 Å². The van der Waals surface area contributed by atoms with Crippen molar-refractivity contribution in [3.63, 3.8) is 0 Å². The Morgan fingerprint density at radius 1 is 1.30 bits per heavy atom. The van der Waals surface area contributed by atoms with Crippen molar-refractivity contribution in [2.24, 2.45) is 0 Å². The Balaban J connectivity index is 2.11. The summed E-state index contributed by atoms with van der Waals surface area (Å²) in [6.45, 7) is 7.40. The summed E-state index contributed by atoms with van der Waals surface area (Å²) in [5.41, 5.74) is 1.03. The van der Waals surface area contributed by atoms with Gasteiger partial charge in [0.2, 0.25) is 5.91 Å². The molecule has 1 heterocycles. The van der Waals surface area contributed by atoms with E-state index < -0.39 is 0 Å². The topological polar surface area (TPSA) is 41.6 Å². The molecule has 3 atom stereocenters. The number of nitrogens with one attached hydrogen (secondary N) is 1. The Labute approximate surface area is 121 Å². The van der Waals surface area contributed by atoms with Crippen LogP contribution in [0.2, 0.25) is 0 Å². The van der Waals surface area contributed by atoms with Gasteiger partial charge in [-0.15, -0.1) is 0 Å². The van der Waals surface area contributed by atoms with Gasteiger partial charge in [0.1, 0.15) is 6.04 Å². The number of hydrogen-bond donors (Lipinski definition) is 1. The minimum atomic E-state index is -0.227. The molecule has 0 radical (unpaired) electrons. The quantitative estimate of drug-likeness (QED) is 0.867. The van der Waals surface area contributed by atoms with Crippen LogP contribution in [0.25, 0.3) is 0 Å². The molecule has 0 bridgehead atoms. The molecule has 1 aliphatic heterocycles. The summed E-state index contributed by atoms with van der Waals surface area (Å²) >= 11 is 0. The zero-order chi connectivity index (χ0) is 14.5. The van der Waals surface area contributed by atoms with Gasteiger partial charge >= 0.3 is 0 Å². The molecule has 2 rings (SSSR count). The monoisotopic (exact) mass is 276 g/mol. The summed E-state index contributed by atoms with van der Waals surface area (Å²) in [5, 5.41) is 3.43. The van der Waals surface area contributed by atoms with Crippen LogP contribution in [0.1, 0.15) is 38.8 Å². The Morgan fingerprint density at radius 2 is 2.00 bits per heavy atom. The van der Waals surface area contributed by atoms with Crippen LogP contribution in [0.5, 0.6) is 0 Å². The molecule has 0 saturated carbocycles. The molecule has 1 fully saturated rings. The second-order valence-electron chi connectivity index (χ2n) is 5.19. The van der Waals surface area contributed by atoms with Gasteiger partial charge in [-0.25, -0.2) is 0 Å². The van der Waals surface area contributed by atoms with Crippen LogP contribution in [-0.2, 0) is 9.53 Å². The van der Waals surface area contributed by atoms with Crippen molar-refractivity contribution in [1.29, 1.82) is 0 Å². The highest BCUT2D eigenvalue weighted by Gasteiger charge is 2.39. The maximum Gasteiger partial charge on any atom is 0.245 e. The molecule has 1 aliphatic rings. The molecule has 1 amide bonds. The Hall–Kier alpha value is -1.39. The predicted octanol–water partition coefficient (Wildman–Crippen LogP) is 2.32. The third-order valence-electron chi connectivity index (χ3n) is 3.69. The highest BCUT2D eigenvalue weighted by molar-refractivity contribution is 5.85. The minimum Gasteiger partial charge on any atom is -0.377 e. The molecule has 0 aromatic heterocycles. The summed E-state index contributed by atoms with van der Waals surface area (Å²) in [5.74, 6) is 0.148. The van der Waals surface area contributed by atoms with Gasteiger partial charge in [-0.3, -0.25) is 10.1 Å². The van der Waals surface area contributed by atoms with Crippen molar-refractivity contribution in [2.45, 2.75) is 45.5 Å². The summed E-state index contributed by atoms with van der Waals surface area (Å²) in [7, 11) is 0. The molecule has 4 heteroatoms. The van der Waals surface area contributed by atoms with Crippen LogP contribution in [0.4, 0.5) is 0 Å². The lowest BCUT2D eigenvalue weighted by atomic mass is 10.1. The molecular formula is C16H24N2O2. The van der Waals surface area contributed by atoms with E-state index in [1.807, 2.05) is 49.1 Å². The Morgan fingerprint density at radius 3 is 2.60 bits per heavy atom. The lowest BCUT2D eigenvalue weighted by Gasteiger charge is -2.26. The maximum absolute atomic E-state index is 12.6. The molecule has 1 aromatic rings. The van der Waals surface area contributed by atoms with Crippen molar-refractivity contribution in [3.05, 3.63) is 35.9 Å². The number of nitrogens with zero attached hydrogens (tertiary/aromatic N) is 1.